The third-order valence-electron chi connectivity index (χ3n) is 1.75. The lowest BCUT2D eigenvalue weighted by atomic mass is 10.4. The van der Waals surface area contributed by atoms with Crippen LogP contribution in [0, 0.1) is 0 Å². The van der Waals surface area contributed by atoms with Crippen LogP contribution in [0.15, 0.2) is 45.1 Å². The second-order valence-electron chi connectivity index (χ2n) is 2.95. The van der Waals surface area contributed by atoms with E-state index in [2.05, 4.69) is 25.9 Å². The summed E-state index contributed by atoms with van der Waals surface area (Å²) in [6.45, 7) is 0. The van der Waals surface area contributed by atoms with Crippen molar-refractivity contribution in [2.24, 2.45) is 0 Å². The van der Waals surface area contributed by atoms with Crippen molar-refractivity contribution < 1.29 is 0 Å². The number of nitrogens with zero attached hydrogens (tertiary/aromatic N) is 2. The third-order valence-corrected chi connectivity index (χ3v) is 4.09. The Kier molecular flexibility index (Phi) is 3.68. The van der Waals surface area contributed by atoms with Crippen LogP contribution in [0.4, 0.5) is 5.69 Å². The lowest BCUT2D eigenvalue weighted by Crippen LogP contribution is -1.89. The van der Waals surface area contributed by atoms with Crippen LogP contribution in [0.1, 0.15) is 0 Å². The first-order valence-corrected chi connectivity index (χ1v) is 6.35. The van der Waals surface area contributed by atoms with E-state index in [-0.39, 0.29) is 0 Å². The van der Waals surface area contributed by atoms with Crippen molar-refractivity contribution in [1.29, 1.82) is 0 Å². The third kappa shape index (κ3) is 2.66. The van der Waals surface area contributed by atoms with E-state index < -0.39 is 0 Å². The molecule has 0 unspecified atom stereocenters. The fourth-order valence-corrected chi connectivity index (χ4v) is 2.57. The Morgan fingerprint density at radius 1 is 1.31 bits per heavy atom. The van der Waals surface area contributed by atoms with Crippen molar-refractivity contribution >= 4 is 45.0 Å². The lowest BCUT2D eigenvalue weighted by molar-refractivity contribution is 1.08. The van der Waals surface area contributed by atoms with E-state index in [1.165, 1.54) is 11.8 Å². The molecule has 2 N–H and O–H groups in total. The lowest BCUT2D eigenvalue weighted by Gasteiger charge is -2.04. The van der Waals surface area contributed by atoms with Gasteiger partial charge in [0.2, 0.25) is 0 Å². The molecule has 2 aromatic heterocycles. The average molecular weight is 317 g/mol. The van der Waals surface area contributed by atoms with Crippen LogP contribution < -0.4 is 5.73 Å². The average Bonchev–Trinajstić information content (AvgIpc) is 2.25. The molecule has 2 rings (SSSR count). The number of halogens is 2. The maximum Gasteiger partial charge on any atom is 0.121 e. The topological polar surface area (TPSA) is 51.8 Å². The molecule has 0 aliphatic carbocycles. The van der Waals surface area contributed by atoms with Gasteiger partial charge in [0.25, 0.3) is 0 Å². The van der Waals surface area contributed by atoms with E-state index in [1.54, 1.807) is 18.5 Å². The van der Waals surface area contributed by atoms with Crippen LogP contribution in [0.25, 0.3) is 0 Å². The molecule has 3 nitrogen and oxygen atoms in total. The van der Waals surface area contributed by atoms with E-state index in [0.717, 1.165) is 9.50 Å². The first-order valence-electron chi connectivity index (χ1n) is 4.36. The summed E-state index contributed by atoms with van der Waals surface area (Å²) >= 11 is 10.8. The molecule has 2 aromatic rings. The predicted octanol–water partition coefficient (Wildman–Crippen LogP) is 3.63. The number of pyridine rings is 2. The highest BCUT2D eigenvalue weighted by molar-refractivity contribution is 9.10. The number of anilines is 1. The van der Waals surface area contributed by atoms with Crippen LogP contribution in [0.5, 0.6) is 0 Å². The summed E-state index contributed by atoms with van der Waals surface area (Å²) in [5, 5.41) is 2.04. The minimum atomic E-state index is 0.530. The Morgan fingerprint density at radius 2 is 2.12 bits per heavy atom. The first kappa shape index (κ1) is 11.7. The van der Waals surface area contributed by atoms with Gasteiger partial charge in [-0.15, -0.1) is 0 Å². The standard InChI is InChI=1S/C10H7BrClN3S/c11-7-2-1-3-14-9(7)16-10-8(12)4-6(13)5-15-10/h1-5H,13H2. The molecule has 2 heterocycles. The van der Waals surface area contributed by atoms with Gasteiger partial charge in [-0.25, -0.2) is 9.97 Å². The first-order chi connectivity index (χ1) is 7.66. The Hall–Kier alpha value is -0.780. The molecule has 6 heteroatoms. The normalized spacial score (nSPS) is 10.4. The maximum absolute atomic E-state index is 6.03. The zero-order valence-corrected chi connectivity index (χ0v) is 11.2. The van der Waals surface area contributed by atoms with E-state index in [0.29, 0.717) is 15.7 Å². The Morgan fingerprint density at radius 3 is 2.81 bits per heavy atom. The molecule has 0 spiro atoms. The Labute approximate surface area is 111 Å². The molecule has 82 valence electrons. The molecule has 0 atom stereocenters. The molecule has 0 radical (unpaired) electrons. The van der Waals surface area contributed by atoms with Crippen molar-refractivity contribution in [1.82, 2.24) is 9.97 Å². The van der Waals surface area contributed by atoms with Gasteiger partial charge in [0.1, 0.15) is 10.1 Å². The molecular formula is C10H7BrClN3S. The quantitative estimate of drug-likeness (QED) is 0.919. The zero-order valence-electron chi connectivity index (χ0n) is 8.02. The number of hydrogen-bond acceptors (Lipinski definition) is 4. The van der Waals surface area contributed by atoms with Crippen molar-refractivity contribution in [3.8, 4) is 0 Å². The molecule has 0 saturated carbocycles. The van der Waals surface area contributed by atoms with E-state index >= 15 is 0 Å². The number of nitrogens with two attached hydrogens (primary N) is 1. The van der Waals surface area contributed by atoms with Crippen LogP contribution in [0.3, 0.4) is 0 Å². The smallest absolute Gasteiger partial charge is 0.121 e. The summed E-state index contributed by atoms with van der Waals surface area (Å²) in [5.74, 6) is 0. The summed E-state index contributed by atoms with van der Waals surface area (Å²) in [4.78, 5) is 8.38. The summed E-state index contributed by atoms with van der Waals surface area (Å²) in [6.07, 6.45) is 3.29. The monoisotopic (exact) mass is 315 g/mol. The van der Waals surface area contributed by atoms with Crippen molar-refractivity contribution in [3.63, 3.8) is 0 Å². The summed E-state index contributed by atoms with van der Waals surface area (Å²) < 4.78 is 0.912. The molecule has 0 saturated heterocycles. The van der Waals surface area contributed by atoms with Crippen molar-refractivity contribution in [2.45, 2.75) is 10.1 Å². The molecule has 0 aliphatic rings. The second-order valence-corrected chi connectivity index (χ2v) is 5.19. The molecule has 16 heavy (non-hydrogen) atoms. The fourth-order valence-electron chi connectivity index (χ4n) is 1.05. The molecular weight excluding hydrogens is 310 g/mol. The highest BCUT2D eigenvalue weighted by Crippen LogP contribution is 2.34. The molecule has 0 amide bonds. The van der Waals surface area contributed by atoms with Gasteiger partial charge in [0, 0.05) is 6.20 Å². The van der Waals surface area contributed by atoms with Crippen molar-refractivity contribution in [3.05, 3.63) is 40.1 Å². The predicted molar refractivity (Wildman–Crippen MR) is 69.7 cm³/mol. The van der Waals surface area contributed by atoms with Crippen LogP contribution in [-0.4, -0.2) is 9.97 Å². The fraction of sp³-hybridized carbons (Fsp3) is 0. The largest absolute Gasteiger partial charge is 0.397 e. The van der Waals surface area contributed by atoms with Crippen LogP contribution in [-0.2, 0) is 0 Å². The van der Waals surface area contributed by atoms with Crippen LogP contribution in [0.2, 0.25) is 5.02 Å². The molecule has 0 bridgehead atoms. The van der Waals surface area contributed by atoms with Gasteiger partial charge in [-0.05, 0) is 45.9 Å². The van der Waals surface area contributed by atoms with Crippen molar-refractivity contribution in [2.75, 3.05) is 5.73 Å². The summed E-state index contributed by atoms with van der Waals surface area (Å²) in [7, 11) is 0. The molecule has 0 aliphatic heterocycles. The van der Waals surface area contributed by atoms with E-state index in [9.17, 15) is 0 Å². The number of nitrogen functional groups attached to an aromatic ring is 1. The maximum atomic E-state index is 6.03. The number of hydrogen-bond donors (Lipinski definition) is 1. The Bertz CT molecular complexity index is 521. The van der Waals surface area contributed by atoms with Gasteiger partial charge >= 0.3 is 0 Å². The van der Waals surface area contributed by atoms with Gasteiger partial charge in [-0.3, -0.25) is 0 Å². The SMILES string of the molecule is Nc1cnc(Sc2ncccc2Br)c(Cl)c1. The minimum Gasteiger partial charge on any atom is -0.397 e. The summed E-state index contributed by atoms with van der Waals surface area (Å²) in [5.41, 5.74) is 6.12. The number of aromatic nitrogens is 2. The summed E-state index contributed by atoms with van der Waals surface area (Å²) in [6, 6.07) is 5.44. The number of rotatable bonds is 2. The van der Waals surface area contributed by atoms with E-state index in [4.69, 9.17) is 17.3 Å². The van der Waals surface area contributed by atoms with Gasteiger partial charge < -0.3 is 5.73 Å². The highest BCUT2D eigenvalue weighted by atomic mass is 79.9. The van der Waals surface area contributed by atoms with Crippen LogP contribution >= 0.6 is 39.3 Å². The molecule has 0 aromatic carbocycles. The highest BCUT2D eigenvalue weighted by Gasteiger charge is 2.08. The Balaban J connectivity index is 2.31. The minimum absolute atomic E-state index is 0.530. The van der Waals surface area contributed by atoms with Gasteiger partial charge in [-0.2, -0.15) is 0 Å². The van der Waals surface area contributed by atoms with Gasteiger partial charge in [-0.1, -0.05) is 11.6 Å². The second kappa shape index (κ2) is 5.03. The van der Waals surface area contributed by atoms with E-state index in [1.807, 2.05) is 12.1 Å². The van der Waals surface area contributed by atoms with Gasteiger partial charge in [0.15, 0.2) is 0 Å². The molecule has 0 fully saturated rings. The zero-order chi connectivity index (χ0) is 11.5. The van der Waals surface area contributed by atoms with Gasteiger partial charge in [0.05, 0.1) is 21.4 Å².